The molecule has 0 bridgehead atoms. The van der Waals surface area contributed by atoms with Crippen LogP contribution in [0, 0.1) is 12.8 Å². The van der Waals surface area contributed by atoms with Gasteiger partial charge in [0.15, 0.2) is 0 Å². The number of aromatic hydroxyl groups is 1. The van der Waals surface area contributed by atoms with Crippen LogP contribution in [0.15, 0.2) is 12.3 Å². The highest BCUT2D eigenvalue weighted by atomic mass is 16.5. The van der Waals surface area contributed by atoms with Crippen molar-refractivity contribution in [3.8, 4) is 5.88 Å². The number of hydrogen-bond acceptors (Lipinski definition) is 6. The van der Waals surface area contributed by atoms with E-state index in [0.717, 1.165) is 31.4 Å². The number of carbonyl (C=O) groups excluding carboxylic acids is 1. The van der Waals surface area contributed by atoms with Crippen molar-refractivity contribution in [2.75, 3.05) is 7.11 Å². The summed E-state index contributed by atoms with van der Waals surface area (Å²) in [5.74, 6) is 0.700. The molecular weight excluding hydrogens is 282 g/mol. The first-order valence-electron chi connectivity index (χ1n) is 7.49. The number of ether oxygens (including phenoxy) is 1. The Hall–Kier alpha value is -2.24. The molecule has 1 aliphatic rings. The summed E-state index contributed by atoms with van der Waals surface area (Å²) in [5, 5.41) is 10.6. The third-order valence-electron chi connectivity index (χ3n) is 4.37. The molecule has 0 atom stereocenters. The number of esters is 1. The van der Waals surface area contributed by atoms with Gasteiger partial charge in [0.2, 0.25) is 5.88 Å². The van der Waals surface area contributed by atoms with E-state index in [1.165, 1.54) is 7.11 Å². The van der Waals surface area contributed by atoms with E-state index in [1.54, 1.807) is 13.1 Å². The lowest BCUT2D eigenvalue weighted by Crippen LogP contribution is -2.22. The first-order valence-corrected chi connectivity index (χ1v) is 7.49. The Morgan fingerprint density at radius 1 is 1.27 bits per heavy atom. The van der Waals surface area contributed by atoms with Gasteiger partial charge in [-0.15, -0.1) is 0 Å². The zero-order valence-electron chi connectivity index (χ0n) is 12.7. The topological polar surface area (TPSA) is 85.2 Å². The normalized spacial score (nSPS) is 21.7. The first-order chi connectivity index (χ1) is 10.6. The highest BCUT2D eigenvalue weighted by molar-refractivity contribution is 5.82. The van der Waals surface area contributed by atoms with E-state index in [9.17, 15) is 9.90 Å². The number of carbonyl (C=O) groups is 1. The summed E-state index contributed by atoms with van der Waals surface area (Å²) in [4.78, 5) is 24.3. The molecule has 6 heteroatoms. The first kappa shape index (κ1) is 14.7. The quantitative estimate of drug-likeness (QED) is 0.858. The number of aromatic nitrogens is 3. The van der Waals surface area contributed by atoms with E-state index in [1.807, 2.05) is 6.07 Å². The summed E-state index contributed by atoms with van der Waals surface area (Å²) in [6.07, 6.45) is 5.10. The minimum Gasteiger partial charge on any atom is -0.493 e. The lowest BCUT2D eigenvalue weighted by molar-refractivity contribution is -0.146. The molecule has 1 saturated carbocycles. The van der Waals surface area contributed by atoms with Crippen molar-refractivity contribution in [2.45, 2.75) is 38.5 Å². The summed E-state index contributed by atoms with van der Waals surface area (Å²) >= 11 is 0. The molecule has 1 fully saturated rings. The van der Waals surface area contributed by atoms with Gasteiger partial charge in [0.1, 0.15) is 5.82 Å². The van der Waals surface area contributed by atoms with Crippen LogP contribution < -0.4 is 0 Å². The van der Waals surface area contributed by atoms with E-state index in [-0.39, 0.29) is 17.8 Å². The number of pyridine rings is 1. The Kier molecular flexibility index (Phi) is 3.92. The summed E-state index contributed by atoms with van der Waals surface area (Å²) in [6.45, 7) is 1.74. The summed E-state index contributed by atoms with van der Waals surface area (Å²) in [6, 6.07) is 1.87. The molecule has 3 rings (SSSR count). The molecule has 0 amide bonds. The summed E-state index contributed by atoms with van der Waals surface area (Å²) in [7, 11) is 1.43. The van der Waals surface area contributed by atoms with Crippen LogP contribution >= 0.6 is 0 Å². The van der Waals surface area contributed by atoms with Crippen LogP contribution in [0.4, 0.5) is 0 Å². The lowest BCUT2D eigenvalue weighted by atomic mass is 9.80. The fraction of sp³-hybridized carbons (Fsp3) is 0.500. The maximum atomic E-state index is 11.6. The van der Waals surface area contributed by atoms with E-state index in [4.69, 9.17) is 4.74 Å². The number of aryl methyl sites for hydroxylation is 1. The molecule has 0 aromatic carbocycles. The second-order valence-corrected chi connectivity index (χ2v) is 5.79. The molecule has 2 aromatic heterocycles. The van der Waals surface area contributed by atoms with Gasteiger partial charge < -0.3 is 9.84 Å². The van der Waals surface area contributed by atoms with Crippen molar-refractivity contribution >= 4 is 16.9 Å². The zero-order chi connectivity index (χ0) is 15.7. The molecule has 0 radical (unpaired) electrons. The Morgan fingerprint density at radius 2 is 2.00 bits per heavy atom. The van der Waals surface area contributed by atoms with Crippen LogP contribution in [0.2, 0.25) is 0 Å². The molecule has 0 unspecified atom stereocenters. The van der Waals surface area contributed by atoms with Crippen LogP contribution in [-0.4, -0.2) is 33.1 Å². The summed E-state index contributed by atoms with van der Waals surface area (Å²) in [5.41, 5.74) is 1.58. The van der Waals surface area contributed by atoms with Crippen molar-refractivity contribution in [3.63, 3.8) is 0 Å². The average molecular weight is 301 g/mol. The number of methoxy groups -OCH3 is 1. The summed E-state index contributed by atoms with van der Waals surface area (Å²) < 4.78 is 4.81. The third kappa shape index (κ3) is 2.73. The third-order valence-corrected chi connectivity index (χ3v) is 4.37. The monoisotopic (exact) mass is 301 g/mol. The Morgan fingerprint density at radius 3 is 2.68 bits per heavy atom. The molecule has 0 aliphatic heterocycles. The highest BCUT2D eigenvalue weighted by Crippen LogP contribution is 2.36. The molecule has 22 heavy (non-hydrogen) atoms. The van der Waals surface area contributed by atoms with Crippen molar-refractivity contribution in [2.24, 2.45) is 5.92 Å². The van der Waals surface area contributed by atoms with Gasteiger partial charge in [-0.05, 0) is 38.7 Å². The molecule has 1 aliphatic carbocycles. The van der Waals surface area contributed by atoms with Gasteiger partial charge >= 0.3 is 5.97 Å². The average Bonchev–Trinajstić information content (AvgIpc) is 2.54. The molecule has 116 valence electrons. The van der Waals surface area contributed by atoms with Crippen LogP contribution in [0.25, 0.3) is 10.9 Å². The molecular formula is C16H19N3O3. The van der Waals surface area contributed by atoms with Crippen molar-refractivity contribution in [1.82, 2.24) is 15.0 Å². The minimum atomic E-state index is -0.119. The van der Waals surface area contributed by atoms with Crippen LogP contribution in [0.3, 0.4) is 0 Å². The molecule has 0 spiro atoms. The lowest BCUT2D eigenvalue weighted by Gasteiger charge is -2.26. The van der Waals surface area contributed by atoms with E-state index < -0.39 is 0 Å². The smallest absolute Gasteiger partial charge is 0.308 e. The van der Waals surface area contributed by atoms with Crippen LogP contribution in [0.5, 0.6) is 5.88 Å². The Bertz CT molecular complexity index is 709. The fourth-order valence-corrected chi connectivity index (χ4v) is 3.16. The second-order valence-electron chi connectivity index (χ2n) is 5.79. The van der Waals surface area contributed by atoms with Gasteiger partial charge in [-0.3, -0.25) is 9.78 Å². The number of rotatable bonds is 2. The SMILES string of the molecule is COC(=O)C1CCC(c2cc3c(O)nc(C)nc3cn2)CC1. The van der Waals surface area contributed by atoms with Crippen molar-refractivity contribution in [3.05, 3.63) is 23.8 Å². The fourth-order valence-electron chi connectivity index (χ4n) is 3.16. The molecule has 2 aromatic rings. The van der Waals surface area contributed by atoms with Gasteiger partial charge in [-0.1, -0.05) is 0 Å². The van der Waals surface area contributed by atoms with Crippen molar-refractivity contribution < 1.29 is 14.6 Å². The Balaban J connectivity index is 1.82. The van der Waals surface area contributed by atoms with E-state index in [2.05, 4.69) is 15.0 Å². The number of nitrogens with zero attached hydrogens (tertiary/aromatic N) is 3. The molecule has 2 heterocycles. The number of fused-ring (bicyclic) bond motifs is 1. The second kappa shape index (κ2) is 5.87. The van der Waals surface area contributed by atoms with Crippen molar-refractivity contribution in [1.29, 1.82) is 0 Å². The molecule has 6 nitrogen and oxygen atoms in total. The van der Waals surface area contributed by atoms with E-state index >= 15 is 0 Å². The predicted octanol–water partition coefficient (Wildman–Crippen LogP) is 2.49. The largest absolute Gasteiger partial charge is 0.493 e. The highest BCUT2D eigenvalue weighted by Gasteiger charge is 2.28. The standard InChI is InChI=1S/C16H19N3O3/c1-9-18-14-8-17-13(7-12(14)15(20)19-9)10-3-5-11(6-4-10)16(21)22-2/h7-8,10-11H,3-6H2,1-2H3,(H,18,19,20). The van der Waals surface area contributed by atoms with E-state index in [0.29, 0.717) is 22.6 Å². The van der Waals surface area contributed by atoms with Gasteiger partial charge in [0.05, 0.1) is 30.1 Å². The maximum Gasteiger partial charge on any atom is 0.308 e. The maximum absolute atomic E-state index is 11.6. The predicted molar refractivity (Wildman–Crippen MR) is 80.4 cm³/mol. The molecule has 0 saturated heterocycles. The number of hydrogen-bond donors (Lipinski definition) is 1. The van der Waals surface area contributed by atoms with Gasteiger partial charge in [-0.2, -0.15) is 4.98 Å². The van der Waals surface area contributed by atoms with Gasteiger partial charge in [-0.25, -0.2) is 4.98 Å². The van der Waals surface area contributed by atoms with Gasteiger partial charge in [0.25, 0.3) is 0 Å². The zero-order valence-corrected chi connectivity index (χ0v) is 12.7. The van der Waals surface area contributed by atoms with Crippen LogP contribution in [0.1, 0.15) is 43.1 Å². The Labute approximate surface area is 128 Å². The van der Waals surface area contributed by atoms with Crippen LogP contribution in [-0.2, 0) is 9.53 Å². The molecule has 1 N–H and O–H groups in total. The van der Waals surface area contributed by atoms with Gasteiger partial charge in [0, 0.05) is 11.6 Å². The minimum absolute atomic E-state index is 0.00101.